The highest BCUT2D eigenvalue weighted by Gasteiger charge is 2.44. The summed E-state index contributed by atoms with van der Waals surface area (Å²) < 4.78 is 66.3. The van der Waals surface area contributed by atoms with E-state index in [1.807, 2.05) is 110 Å². The number of rotatable bonds is 18. The van der Waals surface area contributed by atoms with Gasteiger partial charge in [-0.15, -0.1) is 29.1 Å². The molecule has 134 heavy (non-hydrogen) atoms. The average Bonchev–Trinajstić information content (AvgIpc) is 1.60. The number of nitrogens with two attached hydrogens (primary N) is 3. The third-order valence-corrected chi connectivity index (χ3v) is 27.9. The predicted octanol–water partition coefficient (Wildman–Crippen LogP) is 24.4. The smallest absolute Gasteiger partial charge is 0.338 e. The number of carbonyl (C=O) groups excluding carboxylic acids is 1. The molecule has 1 amide bonds. The molecule has 0 bridgehead atoms. The minimum Gasteiger partial charge on any atom is -0.481 e. The third-order valence-electron chi connectivity index (χ3n) is 23.8. The number of primary amides is 1. The first-order valence-electron chi connectivity index (χ1n) is 43.5. The quantitative estimate of drug-likeness (QED) is 0.0343. The van der Waals surface area contributed by atoms with Crippen LogP contribution in [0.2, 0.25) is 0 Å². The second-order valence-corrected chi connectivity index (χ2v) is 39.3. The van der Waals surface area contributed by atoms with Crippen LogP contribution in [-0.4, -0.2) is 86.6 Å². The number of oxazole rings is 2. The monoisotopic (exact) mass is 1850 g/mol. The van der Waals surface area contributed by atoms with E-state index < -0.39 is 31.7 Å². The Kier molecular flexibility index (Phi) is 28.4. The Bertz CT molecular complexity index is 7600. The van der Waals surface area contributed by atoms with Gasteiger partial charge in [0.1, 0.15) is 61.0 Å². The predicted molar refractivity (Wildman–Crippen MR) is 545 cm³/mol. The van der Waals surface area contributed by atoms with E-state index in [4.69, 9.17) is 41.7 Å². The van der Waals surface area contributed by atoms with Crippen LogP contribution in [0.1, 0.15) is 185 Å². The van der Waals surface area contributed by atoms with E-state index in [1.54, 1.807) is 71.2 Å². The molecule has 20 rings (SSSR count). The molecule has 12 aromatic carbocycles. The van der Waals surface area contributed by atoms with Gasteiger partial charge < -0.3 is 40.1 Å². The van der Waals surface area contributed by atoms with Crippen molar-refractivity contribution in [2.45, 2.75) is 122 Å². The fraction of sp³-hybridized carbons (Fsp3) is 0.174. The molecule has 4 unspecified atom stereocenters. The molecule has 2 aliphatic carbocycles. The van der Waals surface area contributed by atoms with Crippen LogP contribution < -0.4 is 21.3 Å². The van der Waals surface area contributed by atoms with Gasteiger partial charge in [-0.1, -0.05) is 164 Å². The second kappa shape index (κ2) is 40.5. The van der Waals surface area contributed by atoms with Crippen molar-refractivity contribution in [3.05, 3.63) is 364 Å². The standard InChI is InChI=1S/C19H20N2O2S.C19H15NOS.C18H18N2O3S.C18H16N2OS.C18H15NO3.C17H17N3/c1-11-7-8-13(9-12(11)2)14-10-15(14)19-20-16-5-4-6-17(18(16)21-19)24(3,22)23;1-3-12-21-17-10-8-15(13-14(17)2)9-11-19-20-16-6-4-5-7-18(16)22-19;1-10-6-7-12(8-11(10)2)13-9-14(13)18-20-17-15(23-18)4-3-5-16(17)24(19,21)22;1-11-6-7-13(10-12(11)2)8-9-16-20-17-14(18(19)21)4-3-5-15(17)22-16;1-11-6-7-13(10-12(11)2)8-9-16-19-17-14(18(20)21)4-3-5-15(17)22-16;1-11-6-7-13(10-12(11)2)8-9-16-19-15-5-3-4-14(18)17(15)20-16/h4-9,14-15H,10H2,1-3H3,(H,20,21);1,4-11,13H,12H2,2H3;3-8,13-14H,9H2,1-2H3,(H2,19,21,22);3-10H,1-2H3,(H2,19,21);3-10H,1-2H3,(H,20,21);3-10H,18H2,1-2H3,(H,19,20)/b;11-9+;;3*9-8+. The van der Waals surface area contributed by atoms with Crippen molar-refractivity contribution in [1.29, 1.82) is 0 Å². The molecule has 2 aliphatic rings. The minimum atomic E-state index is -3.82. The third kappa shape index (κ3) is 22.7. The summed E-state index contributed by atoms with van der Waals surface area (Å²) in [6, 6.07) is 72.4. The molecule has 0 radical (unpaired) electrons. The summed E-state index contributed by atoms with van der Waals surface area (Å²) in [5.41, 5.74) is 40.0. The van der Waals surface area contributed by atoms with Crippen molar-refractivity contribution in [1.82, 2.24) is 39.9 Å². The van der Waals surface area contributed by atoms with Gasteiger partial charge in [0.25, 0.3) is 5.91 Å². The lowest BCUT2D eigenvalue weighted by Crippen LogP contribution is -2.12. The number of sulfonamides is 1. The van der Waals surface area contributed by atoms with Crippen LogP contribution >= 0.6 is 22.7 Å². The Balaban J connectivity index is 0.000000123. The Hall–Kier alpha value is -14.8. The molecule has 25 heteroatoms. The first-order valence-corrected chi connectivity index (χ1v) is 48.5. The number of aromatic carboxylic acids is 1. The summed E-state index contributed by atoms with van der Waals surface area (Å²) in [4.78, 5) is 56.4. The largest absolute Gasteiger partial charge is 0.481 e. The van der Waals surface area contributed by atoms with Gasteiger partial charge in [-0.3, -0.25) is 4.79 Å². The number of H-pyrrole nitrogens is 2. The van der Waals surface area contributed by atoms with Crippen LogP contribution in [0, 0.1) is 88.5 Å². The number of hydrogen-bond donors (Lipinski definition) is 6. The zero-order valence-electron chi connectivity index (χ0n) is 76.2. The van der Waals surface area contributed by atoms with E-state index in [2.05, 4.69) is 224 Å². The fourth-order valence-electron chi connectivity index (χ4n) is 15.4. The van der Waals surface area contributed by atoms with Crippen LogP contribution in [-0.2, 0) is 19.9 Å². The number of thiazole rings is 2. The molecular formula is C109H101N11O10S4. The maximum absolute atomic E-state index is 11.9. The highest BCUT2D eigenvalue weighted by molar-refractivity contribution is 7.91. The molecule has 4 atom stereocenters. The van der Waals surface area contributed by atoms with Gasteiger partial charge in [0.15, 0.2) is 26.9 Å². The molecular weight excluding hydrogens is 1750 g/mol. The number of sulfone groups is 1. The second-order valence-electron chi connectivity index (χ2n) is 33.7. The number of fused-ring (bicyclic) bond motifs is 6. The maximum atomic E-state index is 11.9. The van der Waals surface area contributed by atoms with Gasteiger partial charge in [-0.05, 0) is 305 Å². The number of carboxylic acids is 1. The highest BCUT2D eigenvalue weighted by Crippen LogP contribution is 2.56. The number of amides is 1. The van der Waals surface area contributed by atoms with E-state index in [9.17, 15) is 26.4 Å². The number of anilines is 1. The van der Waals surface area contributed by atoms with Gasteiger partial charge in [0.2, 0.25) is 15.9 Å². The van der Waals surface area contributed by atoms with Gasteiger partial charge in [-0.25, -0.2) is 56.7 Å². The van der Waals surface area contributed by atoms with Crippen molar-refractivity contribution < 1.29 is 45.1 Å². The molecule has 18 aromatic rings. The Morgan fingerprint density at radius 2 is 0.963 bits per heavy atom. The van der Waals surface area contributed by atoms with Gasteiger partial charge in [0, 0.05) is 24.2 Å². The summed E-state index contributed by atoms with van der Waals surface area (Å²) in [7, 11) is -7.10. The number of carbonyl (C=O) groups is 2. The van der Waals surface area contributed by atoms with Gasteiger partial charge in [0.05, 0.1) is 53.2 Å². The van der Waals surface area contributed by atoms with Crippen LogP contribution in [0.5, 0.6) is 5.75 Å². The number of ether oxygens (including phenoxy) is 1. The number of nitrogens with one attached hydrogen (secondary N) is 2. The van der Waals surface area contributed by atoms with Gasteiger partial charge in [-0.2, -0.15) is 0 Å². The van der Waals surface area contributed by atoms with E-state index >= 15 is 0 Å². The number of nitrogen functional groups attached to an aromatic ring is 1. The van der Waals surface area contributed by atoms with E-state index in [0.717, 1.165) is 89.3 Å². The van der Waals surface area contributed by atoms with Crippen molar-refractivity contribution in [2.24, 2.45) is 10.9 Å². The first kappa shape index (κ1) is 93.9. The Morgan fingerprint density at radius 1 is 0.463 bits per heavy atom. The number of primary sulfonamides is 1. The first-order chi connectivity index (χ1) is 64.2. The fourth-order valence-corrected chi connectivity index (χ4v) is 18.7. The van der Waals surface area contributed by atoms with Crippen molar-refractivity contribution >= 4 is 173 Å². The molecule has 6 heterocycles. The minimum absolute atomic E-state index is 0.0124. The lowest BCUT2D eigenvalue weighted by Gasteiger charge is -2.06. The van der Waals surface area contributed by atoms with Crippen molar-refractivity contribution in [3.8, 4) is 18.1 Å². The zero-order chi connectivity index (χ0) is 95.0. The number of hydrogen-bond acceptors (Lipinski definition) is 18. The Labute approximate surface area is 786 Å². The van der Waals surface area contributed by atoms with Crippen LogP contribution in [0.4, 0.5) is 5.69 Å². The van der Waals surface area contributed by atoms with Gasteiger partial charge >= 0.3 is 5.97 Å². The molecule has 0 saturated heterocycles. The van der Waals surface area contributed by atoms with Crippen molar-refractivity contribution in [3.63, 3.8) is 0 Å². The number of aromatic amines is 2. The zero-order valence-corrected chi connectivity index (χ0v) is 79.4. The normalized spacial score (nSPS) is 14.6. The highest BCUT2D eigenvalue weighted by atomic mass is 32.2. The molecule has 0 aliphatic heterocycles. The summed E-state index contributed by atoms with van der Waals surface area (Å²) in [5.74, 6) is 5.90. The molecule has 6 aromatic heterocycles. The number of para-hydroxylation sites is 6. The summed E-state index contributed by atoms with van der Waals surface area (Å²) >= 11 is 3.24. The maximum Gasteiger partial charge on any atom is 0.338 e. The molecule has 2 fully saturated rings. The average molecular weight is 1850 g/mol. The summed E-state index contributed by atoms with van der Waals surface area (Å²) in [6.07, 6.45) is 24.2. The molecule has 2 saturated carbocycles. The number of aryl methyl sites for hydroxylation is 11. The van der Waals surface area contributed by atoms with Crippen LogP contribution in [0.3, 0.4) is 0 Å². The van der Waals surface area contributed by atoms with E-state index in [-0.39, 0.29) is 16.4 Å². The lowest BCUT2D eigenvalue weighted by molar-refractivity contribution is 0.0698. The molecule has 676 valence electrons. The Morgan fingerprint density at radius 3 is 1.54 bits per heavy atom. The van der Waals surface area contributed by atoms with Crippen LogP contribution in [0.25, 0.3) is 113 Å². The summed E-state index contributed by atoms with van der Waals surface area (Å²) in [5, 5.41) is 16.3. The number of benzene rings is 12. The number of imidazole rings is 2. The number of carboxylic acid groups (broad SMARTS) is 1. The number of nitrogens with zero attached hydrogens (tertiary/aromatic N) is 6. The topological polar surface area (TPSA) is 345 Å². The van der Waals surface area contributed by atoms with E-state index in [0.29, 0.717) is 85.5 Å². The number of terminal acetylenes is 1. The summed E-state index contributed by atoms with van der Waals surface area (Å²) in [6.45, 7) is 23.3. The lowest BCUT2D eigenvalue weighted by atomic mass is 10.0. The molecule has 9 N–H and O–H groups in total. The number of aromatic nitrogens is 8. The molecule has 0 spiro atoms. The van der Waals surface area contributed by atoms with Crippen molar-refractivity contribution in [2.75, 3.05) is 18.6 Å². The van der Waals surface area contributed by atoms with E-state index in [1.165, 1.54) is 95.4 Å². The molecule has 21 nitrogen and oxygen atoms in total. The van der Waals surface area contributed by atoms with Crippen LogP contribution in [0.15, 0.2) is 243 Å². The SMILES string of the molecule is C#CCOc1ccc(/C=C/c2nc3ccccc3s2)cc1C.Cc1ccc(/C=C/c2nc3c(C(=O)O)cccc3o2)cc1C.Cc1ccc(/C=C/c2nc3c(C(N)=O)cccc3s2)cc1C.Cc1ccc(/C=C/c2nc3c(N)cccc3[nH]2)cc1C.Cc1ccc(C2CC2c2nc3c(S(C)(=O)=O)cccc3[nH]2)cc1C.Cc1ccc(C2CC2c2nc3c(S(N)(=O)=O)cccc3o2)cc1C.